The highest BCUT2D eigenvalue weighted by Crippen LogP contribution is 2.22. The van der Waals surface area contributed by atoms with Gasteiger partial charge in [0, 0.05) is 19.2 Å². The van der Waals surface area contributed by atoms with Crippen LogP contribution in [0, 0.1) is 0 Å². The highest BCUT2D eigenvalue weighted by Gasteiger charge is 2.21. The number of sulfonamides is 1. The van der Waals surface area contributed by atoms with Crippen LogP contribution in [0.2, 0.25) is 0 Å². The molecule has 3 rings (SSSR count). The minimum atomic E-state index is -3.68. The molecule has 0 aliphatic heterocycles. The van der Waals surface area contributed by atoms with E-state index in [2.05, 4.69) is 5.32 Å². The Labute approximate surface area is 170 Å². The molecule has 3 aromatic carbocycles. The van der Waals surface area contributed by atoms with Gasteiger partial charge in [0.05, 0.1) is 16.7 Å². The van der Waals surface area contributed by atoms with Crippen LogP contribution in [0.1, 0.15) is 22.0 Å². The van der Waals surface area contributed by atoms with Gasteiger partial charge in [-0.3, -0.25) is 9.10 Å². The minimum absolute atomic E-state index is 0.0763. The van der Waals surface area contributed by atoms with E-state index in [9.17, 15) is 18.3 Å². The summed E-state index contributed by atoms with van der Waals surface area (Å²) in [6, 6.07) is 23.5. The standard InChI is InChI=1S/C22H22N2O4S/c1-24(29(27,28)20-10-6-3-7-11-20)19-14-12-18(13-15-19)22(26)23-16-21(25)17-8-4-2-5-9-17/h2-15,21,25H,16H2,1H3,(H,23,26)/t21-/m1/s1. The summed E-state index contributed by atoms with van der Waals surface area (Å²) in [5, 5.41) is 12.8. The van der Waals surface area contributed by atoms with E-state index in [1.807, 2.05) is 18.2 Å². The first-order valence-corrected chi connectivity index (χ1v) is 10.5. The van der Waals surface area contributed by atoms with Crippen LogP contribution in [0.25, 0.3) is 0 Å². The predicted octanol–water partition coefficient (Wildman–Crippen LogP) is 2.98. The van der Waals surface area contributed by atoms with Crippen LogP contribution in [0.5, 0.6) is 0 Å². The lowest BCUT2D eigenvalue weighted by Gasteiger charge is -2.19. The third kappa shape index (κ3) is 4.82. The smallest absolute Gasteiger partial charge is 0.264 e. The zero-order valence-corrected chi connectivity index (χ0v) is 16.7. The number of nitrogens with one attached hydrogen (secondary N) is 1. The molecule has 0 heterocycles. The van der Waals surface area contributed by atoms with Gasteiger partial charge in [0.15, 0.2) is 0 Å². The third-order valence-electron chi connectivity index (χ3n) is 4.54. The monoisotopic (exact) mass is 410 g/mol. The molecular weight excluding hydrogens is 388 g/mol. The second-order valence-electron chi connectivity index (χ2n) is 6.47. The van der Waals surface area contributed by atoms with Gasteiger partial charge < -0.3 is 10.4 Å². The first kappa shape index (κ1) is 20.6. The zero-order chi connectivity index (χ0) is 20.9. The molecule has 6 nitrogen and oxygen atoms in total. The second-order valence-corrected chi connectivity index (χ2v) is 8.44. The highest BCUT2D eigenvalue weighted by molar-refractivity contribution is 7.92. The number of amides is 1. The maximum Gasteiger partial charge on any atom is 0.264 e. The largest absolute Gasteiger partial charge is 0.387 e. The number of nitrogens with zero attached hydrogens (tertiary/aromatic N) is 1. The van der Waals surface area contributed by atoms with E-state index in [1.54, 1.807) is 54.6 Å². The second kappa shape index (κ2) is 8.89. The van der Waals surface area contributed by atoms with E-state index in [4.69, 9.17) is 0 Å². The summed E-state index contributed by atoms with van der Waals surface area (Å²) in [5.74, 6) is -0.347. The van der Waals surface area contributed by atoms with E-state index in [1.165, 1.54) is 23.5 Å². The Morgan fingerprint density at radius 3 is 2.07 bits per heavy atom. The molecule has 0 aromatic heterocycles. The summed E-state index contributed by atoms with van der Waals surface area (Å²) in [5.41, 5.74) is 1.53. The molecule has 0 fully saturated rings. The molecule has 0 saturated heterocycles. The van der Waals surface area contributed by atoms with Crippen molar-refractivity contribution < 1.29 is 18.3 Å². The summed E-state index contributed by atoms with van der Waals surface area (Å²) in [6.45, 7) is 0.0763. The molecule has 0 aliphatic carbocycles. The molecular formula is C22H22N2O4S. The van der Waals surface area contributed by atoms with Crippen LogP contribution in [-0.2, 0) is 10.0 Å². The van der Waals surface area contributed by atoms with Gasteiger partial charge in [0.2, 0.25) is 0 Å². The van der Waals surface area contributed by atoms with Crippen LogP contribution in [0.4, 0.5) is 5.69 Å². The van der Waals surface area contributed by atoms with Crippen LogP contribution >= 0.6 is 0 Å². The topological polar surface area (TPSA) is 86.7 Å². The number of anilines is 1. The normalized spacial score (nSPS) is 12.2. The molecule has 29 heavy (non-hydrogen) atoms. The SMILES string of the molecule is CN(c1ccc(C(=O)NC[C@@H](O)c2ccccc2)cc1)S(=O)(=O)c1ccccc1. The van der Waals surface area contributed by atoms with E-state index in [0.29, 0.717) is 11.3 Å². The molecule has 0 saturated carbocycles. The summed E-state index contributed by atoms with van der Waals surface area (Å²) >= 11 is 0. The van der Waals surface area contributed by atoms with Crippen LogP contribution in [-0.4, -0.2) is 33.0 Å². The predicted molar refractivity (Wildman–Crippen MR) is 112 cm³/mol. The van der Waals surface area contributed by atoms with Crippen molar-refractivity contribution in [1.82, 2.24) is 5.32 Å². The summed E-state index contributed by atoms with van der Waals surface area (Å²) < 4.78 is 26.5. The Morgan fingerprint density at radius 1 is 0.931 bits per heavy atom. The maximum absolute atomic E-state index is 12.7. The lowest BCUT2D eigenvalue weighted by atomic mass is 10.1. The van der Waals surface area contributed by atoms with Gasteiger partial charge in [0.25, 0.3) is 15.9 Å². The van der Waals surface area contributed by atoms with Gasteiger partial charge in [0.1, 0.15) is 0 Å². The van der Waals surface area contributed by atoms with Gasteiger partial charge >= 0.3 is 0 Å². The number of aliphatic hydroxyl groups is 1. The molecule has 0 unspecified atom stereocenters. The van der Waals surface area contributed by atoms with Gasteiger partial charge in [-0.2, -0.15) is 0 Å². The first-order chi connectivity index (χ1) is 13.9. The highest BCUT2D eigenvalue weighted by atomic mass is 32.2. The molecule has 0 bridgehead atoms. The van der Waals surface area contributed by atoms with Crippen molar-refractivity contribution >= 4 is 21.6 Å². The van der Waals surface area contributed by atoms with Crippen LogP contribution in [0.15, 0.2) is 89.8 Å². The number of carbonyl (C=O) groups excluding carboxylic acids is 1. The lowest BCUT2D eigenvalue weighted by molar-refractivity contribution is 0.0916. The Bertz CT molecular complexity index is 1050. The van der Waals surface area contributed by atoms with Gasteiger partial charge in [-0.05, 0) is 42.0 Å². The van der Waals surface area contributed by atoms with Gasteiger partial charge in [-0.15, -0.1) is 0 Å². The first-order valence-electron chi connectivity index (χ1n) is 9.05. The molecule has 7 heteroatoms. The molecule has 1 amide bonds. The molecule has 1 atom stereocenters. The number of carbonyl (C=O) groups is 1. The zero-order valence-electron chi connectivity index (χ0n) is 15.9. The number of hydrogen-bond donors (Lipinski definition) is 2. The fourth-order valence-corrected chi connectivity index (χ4v) is 4.01. The van der Waals surface area contributed by atoms with Gasteiger partial charge in [-0.1, -0.05) is 48.5 Å². The fourth-order valence-electron chi connectivity index (χ4n) is 2.80. The third-order valence-corrected chi connectivity index (χ3v) is 6.33. The summed E-state index contributed by atoms with van der Waals surface area (Å²) in [7, 11) is -2.21. The number of hydrogen-bond acceptors (Lipinski definition) is 4. The maximum atomic E-state index is 12.7. The van der Waals surface area contributed by atoms with Crippen LogP contribution < -0.4 is 9.62 Å². The van der Waals surface area contributed by atoms with E-state index >= 15 is 0 Å². The molecule has 0 radical (unpaired) electrons. The van der Waals surface area contributed by atoms with Crippen molar-refractivity contribution in [2.45, 2.75) is 11.0 Å². The quantitative estimate of drug-likeness (QED) is 0.627. The van der Waals surface area contributed by atoms with Crippen LogP contribution in [0.3, 0.4) is 0 Å². The van der Waals surface area contributed by atoms with Crippen molar-refractivity contribution in [3.05, 3.63) is 96.1 Å². The lowest BCUT2D eigenvalue weighted by Crippen LogP contribution is -2.29. The molecule has 0 aliphatic rings. The summed E-state index contributed by atoms with van der Waals surface area (Å²) in [6.07, 6.45) is -0.804. The van der Waals surface area contributed by atoms with Crippen molar-refractivity contribution in [2.75, 3.05) is 17.9 Å². The molecule has 0 spiro atoms. The van der Waals surface area contributed by atoms with E-state index < -0.39 is 16.1 Å². The fraction of sp³-hybridized carbons (Fsp3) is 0.136. The Balaban J connectivity index is 1.66. The minimum Gasteiger partial charge on any atom is -0.387 e. The molecule has 150 valence electrons. The van der Waals surface area contributed by atoms with E-state index in [0.717, 1.165) is 5.56 Å². The molecule has 2 N–H and O–H groups in total. The summed E-state index contributed by atoms with van der Waals surface area (Å²) in [4.78, 5) is 12.5. The number of aliphatic hydroxyl groups excluding tert-OH is 1. The average molecular weight is 410 g/mol. The van der Waals surface area contributed by atoms with E-state index in [-0.39, 0.29) is 17.3 Å². The number of rotatable bonds is 7. The average Bonchev–Trinajstić information content (AvgIpc) is 2.78. The Kier molecular flexibility index (Phi) is 6.31. The van der Waals surface area contributed by atoms with Crippen molar-refractivity contribution in [3.8, 4) is 0 Å². The molecule has 3 aromatic rings. The van der Waals surface area contributed by atoms with Crippen molar-refractivity contribution in [3.63, 3.8) is 0 Å². The van der Waals surface area contributed by atoms with Crippen molar-refractivity contribution in [1.29, 1.82) is 0 Å². The Hall–Kier alpha value is -3.16. The van der Waals surface area contributed by atoms with Crippen molar-refractivity contribution in [2.24, 2.45) is 0 Å². The number of benzene rings is 3. The Morgan fingerprint density at radius 2 is 1.48 bits per heavy atom. The van der Waals surface area contributed by atoms with Gasteiger partial charge in [-0.25, -0.2) is 8.42 Å².